The van der Waals surface area contributed by atoms with Gasteiger partial charge in [-0.2, -0.15) is 0 Å². The number of nitrogens with one attached hydrogen (secondary N) is 3. The number of hydrogen-bond donors (Lipinski definition) is 4. The molecule has 6 heteroatoms. The maximum Gasteiger partial charge on any atom is 0.230 e. The summed E-state index contributed by atoms with van der Waals surface area (Å²) in [4.78, 5) is 11.7. The van der Waals surface area contributed by atoms with E-state index in [9.17, 15) is 9.90 Å². The molecule has 3 rings (SSSR count). The molecule has 0 bridgehead atoms. The molecule has 1 amide bonds. The number of amides is 1. The first-order valence-corrected chi connectivity index (χ1v) is 5.33. The SMILES string of the molecule is O=C1CC2=C(CO)NNN2c2ccccc2N1. The lowest BCUT2D eigenvalue weighted by Crippen LogP contribution is -2.38. The van der Waals surface area contributed by atoms with Crippen molar-refractivity contribution in [3.8, 4) is 0 Å². The molecule has 0 spiro atoms. The van der Waals surface area contributed by atoms with E-state index in [4.69, 9.17) is 0 Å². The van der Waals surface area contributed by atoms with Gasteiger partial charge >= 0.3 is 0 Å². The first-order valence-electron chi connectivity index (χ1n) is 5.33. The second-order valence-electron chi connectivity index (χ2n) is 3.90. The quantitative estimate of drug-likeness (QED) is 0.551. The van der Waals surface area contributed by atoms with Gasteiger partial charge in [0.2, 0.25) is 5.91 Å². The van der Waals surface area contributed by atoms with Crippen molar-refractivity contribution in [3.05, 3.63) is 35.7 Å². The maximum atomic E-state index is 11.7. The van der Waals surface area contributed by atoms with Crippen LogP contribution < -0.4 is 21.3 Å². The van der Waals surface area contributed by atoms with Gasteiger partial charge in [0.1, 0.15) is 0 Å². The summed E-state index contributed by atoms with van der Waals surface area (Å²) in [5.74, 6) is -0.0913. The van der Waals surface area contributed by atoms with Gasteiger partial charge in [-0.25, -0.2) is 0 Å². The Balaban J connectivity index is 2.13. The molecular formula is C11H12N4O2. The zero-order valence-electron chi connectivity index (χ0n) is 9.03. The van der Waals surface area contributed by atoms with Crippen LogP contribution in [0.3, 0.4) is 0 Å². The van der Waals surface area contributed by atoms with E-state index in [-0.39, 0.29) is 18.9 Å². The molecule has 0 aromatic heterocycles. The third-order valence-corrected chi connectivity index (χ3v) is 2.84. The van der Waals surface area contributed by atoms with Crippen LogP contribution in [0.15, 0.2) is 35.7 Å². The molecule has 1 aromatic carbocycles. The highest BCUT2D eigenvalue weighted by atomic mass is 16.3. The highest BCUT2D eigenvalue weighted by molar-refractivity contribution is 5.98. The van der Waals surface area contributed by atoms with Gasteiger partial charge in [-0.15, -0.1) is 5.53 Å². The van der Waals surface area contributed by atoms with Gasteiger partial charge in [-0.3, -0.25) is 9.80 Å². The fraction of sp³-hybridized carbons (Fsp3) is 0.182. The van der Waals surface area contributed by atoms with Gasteiger partial charge in [-0.05, 0) is 12.1 Å². The third kappa shape index (κ3) is 1.54. The number of rotatable bonds is 1. The summed E-state index contributed by atoms with van der Waals surface area (Å²) in [5.41, 5.74) is 8.77. The minimum Gasteiger partial charge on any atom is -0.390 e. The molecule has 2 aliphatic rings. The van der Waals surface area contributed by atoms with Crippen LogP contribution in [0.2, 0.25) is 0 Å². The van der Waals surface area contributed by atoms with Crippen molar-refractivity contribution in [1.82, 2.24) is 11.0 Å². The Morgan fingerprint density at radius 3 is 3.00 bits per heavy atom. The zero-order chi connectivity index (χ0) is 11.8. The Labute approximate surface area is 97.9 Å². The summed E-state index contributed by atoms with van der Waals surface area (Å²) in [6.45, 7) is -0.131. The molecule has 0 radical (unpaired) electrons. The normalized spacial score (nSPS) is 18.2. The molecule has 88 valence electrons. The summed E-state index contributed by atoms with van der Waals surface area (Å²) >= 11 is 0. The number of benzene rings is 1. The molecule has 1 aromatic rings. The van der Waals surface area contributed by atoms with Crippen molar-refractivity contribution in [1.29, 1.82) is 0 Å². The topological polar surface area (TPSA) is 76.6 Å². The molecule has 0 unspecified atom stereocenters. The average Bonchev–Trinajstić information content (AvgIpc) is 2.66. The van der Waals surface area contributed by atoms with Crippen LogP contribution >= 0.6 is 0 Å². The zero-order valence-corrected chi connectivity index (χ0v) is 9.03. The second-order valence-corrected chi connectivity index (χ2v) is 3.90. The monoisotopic (exact) mass is 232 g/mol. The molecule has 0 saturated heterocycles. The van der Waals surface area contributed by atoms with Gasteiger partial charge in [0, 0.05) is 0 Å². The van der Waals surface area contributed by atoms with Crippen molar-refractivity contribution in [2.45, 2.75) is 6.42 Å². The Hall–Kier alpha value is -2.05. The molecule has 6 nitrogen and oxygen atoms in total. The summed E-state index contributed by atoms with van der Waals surface area (Å²) in [6, 6.07) is 7.50. The number of carbonyl (C=O) groups excluding carboxylic acids is 1. The molecule has 4 N–H and O–H groups in total. The molecular weight excluding hydrogens is 220 g/mol. The molecule has 0 aliphatic carbocycles. The number of anilines is 2. The Morgan fingerprint density at radius 1 is 1.35 bits per heavy atom. The lowest BCUT2D eigenvalue weighted by atomic mass is 10.2. The number of hydrazine groups is 2. The lowest BCUT2D eigenvalue weighted by Gasteiger charge is -2.19. The van der Waals surface area contributed by atoms with E-state index < -0.39 is 0 Å². The molecule has 0 saturated carbocycles. The highest BCUT2D eigenvalue weighted by Gasteiger charge is 2.29. The van der Waals surface area contributed by atoms with Gasteiger partial charge in [0.05, 0.1) is 35.8 Å². The summed E-state index contributed by atoms with van der Waals surface area (Å²) in [7, 11) is 0. The highest BCUT2D eigenvalue weighted by Crippen LogP contribution is 2.33. The van der Waals surface area contributed by atoms with Crippen LogP contribution in [0.5, 0.6) is 0 Å². The van der Waals surface area contributed by atoms with Crippen LogP contribution in [0.4, 0.5) is 11.4 Å². The lowest BCUT2D eigenvalue weighted by molar-refractivity contribution is -0.115. The summed E-state index contributed by atoms with van der Waals surface area (Å²) in [5, 5.41) is 13.8. The minimum atomic E-state index is -0.131. The van der Waals surface area contributed by atoms with Gasteiger partial charge in [0.25, 0.3) is 0 Å². The Bertz CT molecular complexity index is 512. The van der Waals surface area contributed by atoms with E-state index in [0.717, 1.165) is 17.1 Å². The van der Waals surface area contributed by atoms with Crippen LogP contribution in [-0.4, -0.2) is 17.6 Å². The predicted octanol–water partition coefficient (Wildman–Crippen LogP) is 0.0619. The first kappa shape index (κ1) is 10.1. The second kappa shape index (κ2) is 3.76. The average molecular weight is 232 g/mol. The Kier molecular flexibility index (Phi) is 2.24. The van der Waals surface area contributed by atoms with Crippen molar-refractivity contribution >= 4 is 17.3 Å². The van der Waals surface area contributed by atoms with E-state index in [2.05, 4.69) is 16.3 Å². The number of aliphatic hydroxyl groups excluding tert-OH is 1. The van der Waals surface area contributed by atoms with Crippen LogP contribution in [0.25, 0.3) is 0 Å². The van der Waals surface area contributed by atoms with Crippen LogP contribution in [0, 0.1) is 0 Å². The minimum absolute atomic E-state index is 0.0913. The number of fused-ring (bicyclic) bond motifs is 3. The van der Waals surface area contributed by atoms with Crippen LogP contribution in [-0.2, 0) is 4.79 Å². The molecule has 0 fully saturated rings. The van der Waals surface area contributed by atoms with E-state index in [1.54, 1.807) is 5.01 Å². The van der Waals surface area contributed by atoms with E-state index in [1.165, 1.54) is 0 Å². The number of aliphatic hydroxyl groups is 1. The molecule has 17 heavy (non-hydrogen) atoms. The van der Waals surface area contributed by atoms with E-state index >= 15 is 0 Å². The van der Waals surface area contributed by atoms with Crippen molar-refractivity contribution in [2.24, 2.45) is 0 Å². The number of nitrogens with zero attached hydrogens (tertiary/aromatic N) is 1. The number of carbonyl (C=O) groups is 1. The van der Waals surface area contributed by atoms with E-state index in [1.807, 2.05) is 24.3 Å². The van der Waals surface area contributed by atoms with Crippen molar-refractivity contribution in [2.75, 3.05) is 16.9 Å². The maximum absolute atomic E-state index is 11.7. The van der Waals surface area contributed by atoms with Gasteiger partial charge < -0.3 is 15.8 Å². The smallest absolute Gasteiger partial charge is 0.230 e. The van der Waals surface area contributed by atoms with E-state index in [0.29, 0.717) is 5.70 Å². The predicted molar refractivity (Wildman–Crippen MR) is 62.6 cm³/mol. The van der Waals surface area contributed by atoms with Gasteiger partial charge in [-0.1, -0.05) is 12.1 Å². The van der Waals surface area contributed by atoms with Crippen molar-refractivity contribution in [3.63, 3.8) is 0 Å². The summed E-state index contributed by atoms with van der Waals surface area (Å²) < 4.78 is 0. The fourth-order valence-electron chi connectivity index (χ4n) is 2.04. The fourth-order valence-corrected chi connectivity index (χ4v) is 2.04. The van der Waals surface area contributed by atoms with Crippen molar-refractivity contribution < 1.29 is 9.90 Å². The first-order chi connectivity index (χ1) is 8.29. The standard InChI is InChI=1S/C11H12N4O2/c16-6-8-10-5-11(17)12-7-3-1-2-4-9(7)15(10)14-13-8/h1-4,13-14,16H,5-6H2,(H,12,17). The number of hydrogen-bond acceptors (Lipinski definition) is 5. The number of para-hydroxylation sites is 2. The van der Waals surface area contributed by atoms with Gasteiger partial charge in [0.15, 0.2) is 0 Å². The summed E-state index contributed by atoms with van der Waals surface area (Å²) in [6.07, 6.45) is 0.227. The van der Waals surface area contributed by atoms with Crippen LogP contribution in [0.1, 0.15) is 6.42 Å². The Morgan fingerprint density at radius 2 is 2.18 bits per heavy atom. The third-order valence-electron chi connectivity index (χ3n) is 2.84. The molecule has 0 atom stereocenters. The molecule has 2 heterocycles. The molecule has 2 aliphatic heterocycles. The largest absolute Gasteiger partial charge is 0.390 e.